The number of hydrogen-bond donors (Lipinski definition) is 2. The van der Waals surface area contributed by atoms with Gasteiger partial charge < -0.3 is 9.84 Å². The molecule has 2 N–H and O–H groups in total. The number of nitrogens with one attached hydrogen (secondary N) is 1. The molecule has 0 bridgehead atoms. The van der Waals surface area contributed by atoms with Gasteiger partial charge in [0, 0.05) is 0 Å². The highest BCUT2D eigenvalue weighted by molar-refractivity contribution is 5.80. The van der Waals surface area contributed by atoms with Gasteiger partial charge in [-0.2, -0.15) is 0 Å². The Labute approximate surface area is 120 Å². The van der Waals surface area contributed by atoms with Crippen LogP contribution < -0.4 is 10.1 Å². The van der Waals surface area contributed by atoms with Crippen LogP contribution in [0.4, 0.5) is 0 Å². The van der Waals surface area contributed by atoms with Gasteiger partial charge in [-0.1, -0.05) is 24.6 Å². The van der Waals surface area contributed by atoms with E-state index in [9.17, 15) is 9.90 Å². The summed E-state index contributed by atoms with van der Waals surface area (Å²) in [5.74, 6) is 0.0951. The van der Waals surface area contributed by atoms with E-state index in [1.54, 1.807) is 0 Å². The number of ether oxygens (including phenoxy) is 1. The summed E-state index contributed by atoms with van der Waals surface area (Å²) in [5, 5.41) is 12.8. The van der Waals surface area contributed by atoms with E-state index >= 15 is 0 Å². The maximum absolute atomic E-state index is 11.7. The lowest BCUT2D eigenvalue weighted by atomic mass is 9.94. The maximum atomic E-state index is 11.7. The van der Waals surface area contributed by atoms with Gasteiger partial charge in [0.25, 0.3) is 0 Å². The molecule has 0 saturated heterocycles. The van der Waals surface area contributed by atoms with Crippen LogP contribution in [0.25, 0.3) is 0 Å². The van der Waals surface area contributed by atoms with Crippen molar-refractivity contribution < 1.29 is 14.6 Å². The van der Waals surface area contributed by atoms with Crippen molar-refractivity contribution in [2.24, 2.45) is 5.92 Å². The van der Waals surface area contributed by atoms with E-state index < -0.39 is 11.5 Å². The molecule has 0 heterocycles. The van der Waals surface area contributed by atoms with Crippen molar-refractivity contribution in [2.45, 2.75) is 38.6 Å². The minimum Gasteiger partial charge on any atom is -0.491 e. The van der Waals surface area contributed by atoms with Crippen LogP contribution in [0.15, 0.2) is 24.3 Å². The van der Waals surface area contributed by atoms with Gasteiger partial charge in [0.1, 0.15) is 12.4 Å². The second-order valence-corrected chi connectivity index (χ2v) is 5.58. The first-order valence-electron chi connectivity index (χ1n) is 7.26. The average molecular weight is 277 g/mol. The highest BCUT2D eigenvalue weighted by atomic mass is 16.5. The predicted octanol–water partition coefficient (Wildman–Crippen LogP) is 2.61. The number of hydrogen-bond acceptors (Lipinski definition) is 3. The van der Waals surface area contributed by atoms with Crippen molar-refractivity contribution in [1.29, 1.82) is 0 Å². The molecule has 0 aliphatic heterocycles. The van der Waals surface area contributed by atoms with Crippen LogP contribution in [-0.2, 0) is 4.79 Å². The van der Waals surface area contributed by atoms with Crippen LogP contribution in [0, 0.1) is 12.8 Å². The van der Waals surface area contributed by atoms with Crippen LogP contribution in [0.1, 0.15) is 31.7 Å². The Morgan fingerprint density at radius 2 is 2.05 bits per heavy atom. The molecule has 4 nitrogen and oxygen atoms in total. The highest BCUT2D eigenvalue weighted by Crippen LogP contribution is 2.40. The Morgan fingerprint density at radius 1 is 1.40 bits per heavy atom. The molecule has 1 aliphatic rings. The zero-order chi connectivity index (χ0) is 14.6. The van der Waals surface area contributed by atoms with Gasteiger partial charge in [-0.15, -0.1) is 0 Å². The SMILES string of the molecule is CCCNC(COc1ccc(C)cc1)(C(=O)O)C1CC1. The Bertz CT molecular complexity index is 453. The van der Waals surface area contributed by atoms with E-state index in [-0.39, 0.29) is 12.5 Å². The number of carbonyl (C=O) groups is 1. The first kappa shape index (κ1) is 14.9. The summed E-state index contributed by atoms with van der Waals surface area (Å²) >= 11 is 0. The monoisotopic (exact) mass is 277 g/mol. The van der Waals surface area contributed by atoms with E-state index in [2.05, 4.69) is 5.32 Å². The third-order valence-corrected chi connectivity index (χ3v) is 3.83. The molecule has 1 fully saturated rings. The number of carboxylic acids is 1. The first-order chi connectivity index (χ1) is 9.58. The molecule has 0 spiro atoms. The van der Waals surface area contributed by atoms with Crippen LogP contribution in [0.2, 0.25) is 0 Å². The molecule has 1 unspecified atom stereocenters. The number of benzene rings is 1. The molecule has 1 saturated carbocycles. The van der Waals surface area contributed by atoms with Crippen LogP contribution >= 0.6 is 0 Å². The molecule has 1 atom stereocenters. The number of carboxylic acid groups (broad SMARTS) is 1. The van der Waals surface area contributed by atoms with E-state index in [0.29, 0.717) is 6.54 Å². The largest absolute Gasteiger partial charge is 0.491 e. The summed E-state index contributed by atoms with van der Waals surface area (Å²) in [4.78, 5) is 11.7. The number of rotatable bonds is 8. The molecular formula is C16H23NO3. The van der Waals surface area contributed by atoms with Crippen molar-refractivity contribution in [2.75, 3.05) is 13.2 Å². The van der Waals surface area contributed by atoms with Crippen molar-refractivity contribution in [3.8, 4) is 5.75 Å². The summed E-state index contributed by atoms with van der Waals surface area (Å²) in [6, 6.07) is 7.70. The van der Waals surface area contributed by atoms with Gasteiger partial charge in [-0.3, -0.25) is 10.1 Å². The van der Waals surface area contributed by atoms with Crippen molar-refractivity contribution in [1.82, 2.24) is 5.32 Å². The molecule has 2 rings (SSSR count). The van der Waals surface area contributed by atoms with Gasteiger partial charge in [0.15, 0.2) is 5.54 Å². The van der Waals surface area contributed by atoms with Crippen LogP contribution in [-0.4, -0.2) is 29.8 Å². The second-order valence-electron chi connectivity index (χ2n) is 5.58. The fourth-order valence-electron chi connectivity index (χ4n) is 2.38. The smallest absolute Gasteiger partial charge is 0.327 e. The summed E-state index contributed by atoms with van der Waals surface area (Å²) in [7, 11) is 0. The normalized spacial score (nSPS) is 17.5. The average Bonchev–Trinajstić information content (AvgIpc) is 3.26. The summed E-state index contributed by atoms with van der Waals surface area (Å²) < 4.78 is 5.74. The van der Waals surface area contributed by atoms with E-state index in [1.807, 2.05) is 38.1 Å². The van der Waals surface area contributed by atoms with Crippen molar-refractivity contribution in [3.63, 3.8) is 0 Å². The Balaban J connectivity index is 2.06. The minimum absolute atomic E-state index is 0.177. The minimum atomic E-state index is -0.944. The van der Waals surface area contributed by atoms with E-state index in [4.69, 9.17) is 4.74 Å². The zero-order valence-corrected chi connectivity index (χ0v) is 12.2. The first-order valence-corrected chi connectivity index (χ1v) is 7.26. The predicted molar refractivity (Wildman–Crippen MR) is 78.1 cm³/mol. The molecule has 0 aromatic heterocycles. The van der Waals surface area contributed by atoms with Crippen molar-refractivity contribution >= 4 is 5.97 Å². The van der Waals surface area contributed by atoms with Crippen molar-refractivity contribution in [3.05, 3.63) is 29.8 Å². The fourth-order valence-corrected chi connectivity index (χ4v) is 2.38. The molecular weight excluding hydrogens is 254 g/mol. The summed E-state index contributed by atoms with van der Waals surface area (Å²) in [6.45, 7) is 4.92. The van der Waals surface area contributed by atoms with Gasteiger partial charge in [-0.05, 0) is 50.8 Å². The molecule has 0 amide bonds. The van der Waals surface area contributed by atoms with E-state index in [1.165, 1.54) is 0 Å². The summed E-state index contributed by atoms with van der Waals surface area (Å²) in [5.41, 5.74) is 0.217. The van der Waals surface area contributed by atoms with E-state index in [0.717, 1.165) is 30.6 Å². The maximum Gasteiger partial charge on any atom is 0.327 e. The fraction of sp³-hybridized carbons (Fsp3) is 0.562. The Hall–Kier alpha value is -1.55. The lowest BCUT2D eigenvalue weighted by molar-refractivity contribution is -0.147. The Morgan fingerprint density at radius 3 is 2.55 bits per heavy atom. The molecule has 20 heavy (non-hydrogen) atoms. The second kappa shape index (κ2) is 6.27. The standard InChI is InChI=1S/C16H23NO3/c1-3-10-17-16(15(18)19,13-6-7-13)11-20-14-8-4-12(2)5-9-14/h4-5,8-9,13,17H,3,6-7,10-11H2,1-2H3,(H,18,19). The highest BCUT2D eigenvalue weighted by Gasteiger charge is 2.51. The molecule has 0 radical (unpaired) electrons. The topological polar surface area (TPSA) is 58.6 Å². The molecule has 110 valence electrons. The quantitative estimate of drug-likeness (QED) is 0.767. The van der Waals surface area contributed by atoms with Gasteiger partial charge in [0.05, 0.1) is 0 Å². The van der Waals surface area contributed by atoms with Gasteiger partial charge in [-0.25, -0.2) is 0 Å². The number of aliphatic carboxylic acids is 1. The van der Waals surface area contributed by atoms with Gasteiger partial charge >= 0.3 is 5.97 Å². The third kappa shape index (κ3) is 3.31. The molecule has 1 aromatic carbocycles. The van der Waals surface area contributed by atoms with Crippen LogP contribution in [0.3, 0.4) is 0 Å². The number of aryl methyl sites for hydroxylation is 1. The molecule has 1 aromatic rings. The van der Waals surface area contributed by atoms with Gasteiger partial charge in [0.2, 0.25) is 0 Å². The molecule has 1 aliphatic carbocycles. The molecule has 4 heteroatoms. The Kier molecular flexibility index (Phi) is 4.65. The third-order valence-electron chi connectivity index (χ3n) is 3.83. The lowest BCUT2D eigenvalue weighted by Crippen LogP contribution is -2.58. The zero-order valence-electron chi connectivity index (χ0n) is 12.2. The summed E-state index contributed by atoms with van der Waals surface area (Å²) in [6.07, 6.45) is 2.83. The lowest BCUT2D eigenvalue weighted by Gasteiger charge is -2.30. The van der Waals surface area contributed by atoms with Crippen LogP contribution in [0.5, 0.6) is 5.75 Å².